The van der Waals surface area contributed by atoms with Crippen LogP contribution in [-0.2, 0) is 13.0 Å². The largest absolute Gasteiger partial charge is 0.488 e. The van der Waals surface area contributed by atoms with Crippen LogP contribution < -0.4 is 10.5 Å². The van der Waals surface area contributed by atoms with Crippen molar-refractivity contribution in [2.24, 2.45) is 5.73 Å². The summed E-state index contributed by atoms with van der Waals surface area (Å²) < 4.78 is 6.85. The highest BCUT2D eigenvalue weighted by molar-refractivity contribution is 9.10. The molecule has 1 aromatic heterocycles. The standard InChI is InChI=1S/C14H16BrNOS/c1-10(16)8-11-2-4-12(5-3-11)17-9-14-13(15)6-7-18-14/h2-7,10H,8-9,16H2,1H3. The fourth-order valence-corrected chi connectivity index (χ4v) is 3.05. The Hall–Kier alpha value is -0.840. The van der Waals surface area contributed by atoms with E-state index in [-0.39, 0.29) is 6.04 Å². The maximum Gasteiger partial charge on any atom is 0.124 e. The Labute approximate surface area is 120 Å². The molecule has 1 heterocycles. The van der Waals surface area contributed by atoms with Gasteiger partial charge in [-0.05, 0) is 58.4 Å². The van der Waals surface area contributed by atoms with Gasteiger partial charge in [-0.3, -0.25) is 0 Å². The van der Waals surface area contributed by atoms with Gasteiger partial charge in [-0.1, -0.05) is 12.1 Å². The number of nitrogens with two attached hydrogens (primary N) is 1. The number of hydrogen-bond acceptors (Lipinski definition) is 3. The van der Waals surface area contributed by atoms with Crippen LogP contribution in [0.15, 0.2) is 40.2 Å². The van der Waals surface area contributed by atoms with Gasteiger partial charge < -0.3 is 10.5 Å². The molecule has 2 rings (SSSR count). The number of benzene rings is 1. The van der Waals surface area contributed by atoms with Gasteiger partial charge in [-0.15, -0.1) is 11.3 Å². The van der Waals surface area contributed by atoms with Crippen LogP contribution in [0.2, 0.25) is 0 Å². The van der Waals surface area contributed by atoms with E-state index in [0.717, 1.165) is 16.6 Å². The summed E-state index contributed by atoms with van der Waals surface area (Å²) in [6, 6.07) is 10.4. The maximum absolute atomic E-state index is 5.77. The molecule has 0 saturated heterocycles. The molecule has 2 N–H and O–H groups in total. The molecule has 1 unspecified atom stereocenters. The van der Waals surface area contributed by atoms with E-state index in [0.29, 0.717) is 6.61 Å². The van der Waals surface area contributed by atoms with Crippen molar-refractivity contribution in [3.05, 3.63) is 50.6 Å². The summed E-state index contributed by atoms with van der Waals surface area (Å²) in [4.78, 5) is 1.20. The van der Waals surface area contributed by atoms with E-state index in [9.17, 15) is 0 Å². The van der Waals surface area contributed by atoms with Gasteiger partial charge in [0.25, 0.3) is 0 Å². The number of halogens is 1. The third-order valence-corrected chi connectivity index (χ3v) is 4.44. The van der Waals surface area contributed by atoms with Crippen LogP contribution in [0.5, 0.6) is 5.75 Å². The van der Waals surface area contributed by atoms with Crippen molar-refractivity contribution >= 4 is 27.3 Å². The van der Waals surface area contributed by atoms with Crippen molar-refractivity contribution < 1.29 is 4.74 Å². The van der Waals surface area contributed by atoms with Crippen molar-refractivity contribution in [2.45, 2.75) is 26.0 Å². The Balaban J connectivity index is 1.92. The second kappa shape index (κ2) is 6.36. The number of ether oxygens (including phenoxy) is 1. The molecule has 0 fully saturated rings. The Bertz CT molecular complexity index is 493. The zero-order valence-electron chi connectivity index (χ0n) is 10.2. The van der Waals surface area contributed by atoms with E-state index in [2.05, 4.69) is 33.4 Å². The Kier molecular flexibility index (Phi) is 4.80. The third kappa shape index (κ3) is 3.83. The molecule has 0 radical (unpaired) electrons. The summed E-state index contributed by atoms with van der Waals surface area (Å²) >= 11 is 5.19. The fourth-order valence-electron chi connectivity index (χ4n) is 1.67. The van der Waals surface area contributed by atoms with Gasteiger partial charge in [0, 0.05) is 10.5 Å². The minimum atomic E-state index is 0.193. The number of thiophene rings is 1. The van der Waals surface area contributed by atoms with E-state index in [4.69, 9.17) is 10.5 Å². The lowest BCUT2D eigenvalue weighted by Crippen LogP contribution is -2.17. The molecule has 2 nitrogen and oxygen atoms in total. The van der Waals surface area contributed by atoms with E-state index >= 15 is 0 Å². The molecule has 2 aromatic rings. The first kappa shape index (κ1) is 13.6. The molecule has 1 atom stereocenters. The predicted molar refractivity (Wildman–Crippen MR) is 80.1 cm³/mol. The SMILES string of the molecule is CC(N)Cc1ccc(OCc2sccc2Br)cc1. The highest BCUT2D eigenvalue weighted by Gasteiger charge is 2.03. The van der Waals surface area contributed by atoms with Crippen LogP contribution in [-0.4, -0.2) is 6.04 Å². The Morgan fingerprint density at radius 2 is 2.00 bits per heavy atom. The number of hydrogen-bond donors (Lipinski definition) is 1. The smallest absolute Gasteiger partial charge is 0.124 e. The number of rotatable bonds is 5. The predicted octanol–water partition coefficient (Wildman–Crippen LogP) is 3.98. The summed E-state index contributed by atoms with van der Waals surface area (Å²) in [5.41, 5.74) is 7.01. The first-order valence-corrected chi connectivity index (χ1v) is 7.51. The quantitative estimate of drug-likeness (QED) is 0.902. The lowest BCUT2D eigenvalue weighted by molar-refractivity contribution is 0.309. The summed E-state index contributed by atoms with van der Waals surface area (Å²) in [5, 5.41) is 2.05. The summed E-state index contributed by atoms with van der Waals surface area (Å²) in [6.45, 7) is 2.61. The van der Waals surface area contributed by atoms with Crippen molar-refractivity contribution in [1.29, 1.82) is 0 Å². The van der Waals surface area contributed by atoms with Crippen LogP contribution in [0.3, 0.4) is 0 Å². The lowest BCUT2D eigenvalue weighted by atomic mass is 10.1. The van der Waals surface area contributed by atoms with E-state index < -0.39 is 0 Å². The van der Waals surface area contributed by atoms with Gasteiger partial charge in [0.05, 0.1) is 4.88 Å². The van der Waals surface area contributed by atoms with E-state index in [1.807, 2.05) is 25.1 Å². The van der Waals surface area contributed by atoms with Gasteiger partial charge in [0.15, 0.2) is 0 Å². The molecule has 0 aliphatic carbocycles. The van der Waals surface area contributed by atoms with Crippen molar-refractivity contribution in [3.8, 4) is 5.75 Å². The molecule has 0 amide bonds. The fraction of sp³-hybridized carbons (Fsp3) is 0.286. The Morgan fingerprint density at radius 3 is 2.56 bits per heavy atom. The normalized spacial score (nSPS) is 12.4. The molecular weight excluding hydrogens is 310 g/mol. The van der Waals surface area contributed by atoms with Gasteiger partial charge in [0.2, 0.25) is 0 Å². The monoisotopic (exact) mass is 325 g/mol. The van der Waals surface area contributed by atoms with Gasteiger partial charge >= 0.3 is 0 Å². The van der Waals surface area contributed by atoms with Crippen LogP contribution in [0.1, 0.15) is 17.4 Å². The van der Waals surface area contributed by atoms with Gasteiger partial charge in [-0.2, -0.15) is 0 Å². The topological polar surface area (TPSA) is 35.2 Å². The van der Waals surface area contributed by atoms with Crippen LogP contribution in [0, 0.1) is 0 Å². The lowest BCUT2D eigenvalue weighted by Gasteiger charge is -2.08. The van der Waals surface area contributed by atoms with Crippen LogP contribution in [0.25, 0.3) is 0 Å². The zero-order chi connectivity index (χ0) is 13.0. The highest BCUT2D eigenvalue weighted by Crippen LogP contribution is 2.24. The van der Waals surface area contributed by atoms with Crippen molar-refractivity contribution in [2.75, 3.05) is 0 Å². The molecule has 1 aromatic carbocycles. The summed E-state index contributed by atoms with van der Waals surface area (Å²) in [7, 11) is 0. The second-order valence-electron chi connectivity index (χ2n) is 4.31. The Morgan fingerprint density at radius 1 is 1.28 bits per heavy atom. The zero-order valence-corrected chi connectivity index (χ0v) is 12.6. The van der Waals surface area contributed by atoms with Gasteiger partial charge in [-0.25, -0.2) is 0 Å². The average Bonchev–Trinajstić information content (AvgIpc) is 2.73. The highest BCUT2D eigenvalue weighted by atomic mass is 79.9. The van der Waals surface area contributed by atoms with Crippen molar-refractivity contribution in [3.63, 3.8) is 0 Å². The molecule has 0 aliphatic rings. The second-order valence-corrected chi connectivity index (χ2v) is 6.16. The van der Waals surface area contributed by atoms with Crippen molar-refractivity contribution in [1.82, 2.24) is 0 Å². The first-order chi connectivity index (χ1) is 8.65. The molecule has 0 spiro atoms. The molecule has 0 saturated carbocycles. The molecule has 4 heteroatoms. The average molecular weight is 326 g/mol. The molecule has 0 aliphatic heterocycles. The molecule has 96 valence electrons. The van der Waals surface area contributed by atoms with Gasteiger partial charge in [0.1, 0.15) is 12.4 Å². The molecular formula is C14H16BrNOS. The van der Waals surface area contributed by atoms with Crippen LogP contribution in [0.4, 0.5) is 0 Å². The third-order valence-electron chi connectivity index (χ3n) is 2.54. The van der Waals surface area contributed by atoms with E-state index in [1.165, 1.54) is 10.4 Å². The van der Waals surface area contributed by atoms with Crippen LogP contribution >= 0.6 is 27.3 Å². The first-order valence-electron chi connectivity index (χ1n) is 5.84. The molecule has 18 heavy (non-hydrogen) atoms. The molecule has 0 bridgehead atoms. The summed E-state index contributed by atoms with van der Waals surface area (Å²) in [6.07, 6.45) is 0.900. The van der Waals surface area contributed by atoms with E-state index in [1.54, 1.807) is 11.3 Å². The minimum absolute atomic E-state index is 0.193. The maximum atomic E-state index is 5.77. The minimum Gasteiger partial charge on any atom is -0.488 e. The summed E-state index contributed by atoms with van der Waals surface area (Å²) in [5.74, 6) is 0.892.